The maximum Gasteiger partial charge on any atom is 0.258 e. The van der Waals surface area contributed by atoms with Crippen LogP contribution in [0.15, 0.2) is 24.3 Å². The van der Waals surface area contributed by atoms with E-state index < -0.39 is 0 Å². The van der Waals surface area contributed by atoms with Gasteiger partial charge in [-0.3, -0.25) is 4.79 Å². The molecule has 1 aromatic rings. The fourth-order valence-corrected chi connectivity index (χ4v) is 0.990. The zero-order valence-electron chi connectivity index (χ0n) is 8.53. The maximum absolute atomic E-state index is 11.0. The van der Waals surface area contributed by atoms with Crippen molar-refractivity contribution in [1.82, 2.24) is 5.32 Å². The van der Waals surface area contributed by atoms with Crippen molar-refractivity contribution < 1.29 is 14.3 Å². The molecule has 0 aliphatic heterocycles. The van der Waals surface area contributed by atoms with Crippen LogP contribution in [0, 0.1) is 6.92 Å². The van der Waals surface area contributed by atoms with Gasteiger partial charge in [-0.2, -0.15) is 0 Å². The molecule has 15 heavy (non-hydrogen) atoms. The van der Waals surface area contributed by atoms with E-state index in [0.29, 0.717) is 12.0 Å². The molecule has 0 spiro atoms. The number of hydrogen-bond acceptors (Lipinski definition) is 3. The molecule has 0 radical (unpaired) electrons. The first kappa shape index (κ1) is 11.2. The van der Waals surface area contributed by atoms with Gasteiger partial charge in [0.1, 0.15) is 12.0 Å². The van der Waals surface area contributed by atoms with Crippen LogP contribution in [-0.2, 0) is 9.59 Å². The summed E-state index contributed by atoms with van der Waals surface area (Å²) in [4.78, 5) is 21.0. The second-order valence-electron chi connectivity index (χ2n) is 3.07. The zero-order valence-corrected chi connectivity index (χ0v) is 8.53. The Morgan fingerprint density at radius 1 is 1.40 bits per heavy atom. The van der Waals surface area contributed by atoms with E-state index in [1.165, 1.54) is 0 Å². The van der Waals surface area contributed by atoms with Crippen molar-refractivity contribution in [2.24, 2.45) is 0 Å². The first-order chi connectivity index (χ1) is 7.22. The van der Waals surface area contributed by atoms with Crippen LogP contribution in [-0.4, -0.2) is 25.3 Å². The Hall–Kier alpha value is -1.84. The van der Waals surface area contributed by atoms with Crippen molar-refractivity contribution >= 4 is 12.2 Å². The van der Waals surface area contributed by atoms with Gasteiger partial charge in [0.25, 0.3) is 5.91 Å². The lowest BCUT2D eigenvalue weighted by molar-refractivity contribution is -0.124. The van der Waals surface area contributed by atoms with E-state index >= 15 is 0 Å². The third-order valence-corrected chi connectivity index (χ3v) is 1.77. The van der Waals surface area contributed by atoms with Gasteiger partial charge < -0.3 is 14.8 Å². The summed E-state index contributed by atoms with van der Waals surface area (Å²) in [5.74, 6) is 0.338. The zero-order chi connectivity index (χ0) is 11.1. The van der Waals surface area contributed by atoms with Gasteiger partial charge in [-0.1, -0.05) is 17.7 Å². The molecule has 4 heteroatoms. The molecule has 1 N–H and O–H groups in total. The van der Waals surface area contributed by atoms with Gasteiger partial charge in [0.05, 0.1) is 6.54 Å². The maximum atomic E-state index is 11.0. The van der Waals surface area contributed by atoms with Crippen LogP contribution in [0.4, 0.5) is 0 Å². The Labute approximate surface area is 88.2 Å². The molecule has 0 atom stereocenters. The van der Waals surface area contributed by atoms with E-state index in [1.54, 1.807) is 12.1 Å². The topological polar surface area (TPSA) is 55.4 Å². The lowest BCUT2D eigenvalue weighted by Crippen LogP contribution is -2.30. The van der Waals surface area contributed by atoms with Crippen molar-refractivity contribution in [3.05, 3.63) is 29.8 Å². The van der Waals surface area contributed by atoms with Crippen LogP contribution in [0.1, 0.15) is 5.56 Å². The molecule has 0 aliphatic rings. The molecule has 80 valence electrons. The van der Waals surface area contributed by atoms with Crippen LogP contribution in [0.3, 0.4) is 0 Å². The number of benzene rings is 1. The highest BCUT2D eigenvalue weighted by molar-refractivity contribution is 5.79. The fraction of sp³-hybridized carbons (Fsp3) is 0.273. The lowest BCUT2D eigenvalue weighted by atomic mass is 10.2. The highest BCUT2D eigenvalue weighted by Gasteiger charge is 2.00. The van der Waals surface area contributed by atoms with Crippen molar-refractivity contribution in [2.45, 2.75) is 6.92 Å². The van der Waals surface area contributed by atoms with Crippen molar-refractivity contribution in [3.63, 3.8) is 0 Å². The second kappa shape index (κ2) is 5.80. The number of rotatable bonds is 5. The van der Waals surface area contributed by atoms with Gasteiger partial charge in [0.2, 0.25) is 0 Å². The van der Waals surface area contributed by atoms with E-state index in [2.05, 4.69) is 5.32 Å². The van der Waals surface area contributed by atoms with Crippen LogP contribution in [0.5, 0.6) is 5.75 Å². The van der Waals surface area contributed by atoms with E-state index in [0.717, 1.165) is 5.56 Å². The predicted octanol–water partition coefficient (Wildman–Crippen LogP) is 0.689. The van der Waals surface area contributed by atoms with Gasteiger partial charge in [0, 0.05) is 0 Å². The van der Waals surface area contributed by atoms with Gasteiger partial charge in [-0.05, 0) is 19.1 Å². The van der Waals surface area contributed by atoms with Crippen LogP contribution in [0.25, 0.3) is 0 Å². The van der Waals surface area contributed by atoms with Crippen molar-refractivity contribution in [3.8, 4) is 5.75 Å². The monoisotopic (exact) mass is 207 g/mol. The average molecular weight is 207 g/mol. The number of amides is 1. The van der Waals surface area contributed by atoms with Crippen molar-refractivity contribution in [1.29, 1.82) is 0 Å². The fourth-order valence-electron chi connectivity index (χ4n) is 0.990. The van der Waals surface area contributed by atoms with E-state index in [9.17, 15) is 9.59 Å². The molecule has 1 amide bonds. The summed E-state index contributed by atoms with van der Waals surface area (Å²) in [6, 6.07) is 7.39. The molecule has 1 rings (SSSR count). The predicted molar refractivity (Wildman–Crippen MR) is 55.7 cm³/mol. The molecule has 0 fully saturated rings. The Bertz CT molecular complexity index is 332. The first-order valence-corrected chi connectivity index (χ1v) is 4.62. The van der Waals surface area contributed by atoms with Crippen LogP contribution >= 0.6 is 0 Å². The van der Waals surface area contributed by atoms with E-state index in [4.69, 9.17) is 4.74 Å². The summed E-state index contributed by atoms with van der Waals surface area (Å²) < 4.78 is 5.19. The number of aryl methyl sites for hydroxylation is 1. The van der Waals surface area contributed by atoms with Gasteiger partial charge in [0.15, 0.2) is 6.61 Å². The largest absolute Gasteiger partial charge is 0.484 e. The molecule has 0 heterocycles. The Kier molecular flexibility index (Phi) is 4.34. The average Bonchev–Trinajstić information content (AvgIpc) is 2.25. The quantitative estimate of drug-likeness (QED) is 0.723. The normalized spacial score (nSPS) is 9.40. The summed E-state index contributed by atoms with van der Waals surface area (Å²) in [7, 11) is 0. The highest BCUT2D eigenvalue weighted by atomic mass is 16.5. The van der Waals surface area contributed by atoms with E-state index in [1.807, 2.05) is 19.1 Å². The Morgan fingerprint density at radius 2 is 2.07 bits per heavy atom. The summed E-state index contributed by atoms with van der Waals surface area (Å²) in [6.07, 6.45) is 0.629. The number of nitrogens with one attached hydrogen (secondary N) is 1. The third-order valence-electron chi connectivity index (χ3n) is 1.77. The smallest absolute Gasteiger partial charge is 0.258 e. The number of carbonyl (C=O) groups is 2. The SMILES string of the molecule is Cc1ccc(OCC(=O)NCC=O)cc1. The van der Waals surface area contributed by atoms with Gasteiger partial charge in [-0.15, -0.1) is 0 Å². The molecule has 1 aromatic carbocycles. The highest BCUT2D eigenvalue weighted by Crippen LogP contribution is 2.10. The lowest BCUT2D eigenvalue weighted by Gasteiger charge is -2.05. The van der Waals surface area contributed by atoms with Gasteiger partial charge >= 0.3 is 0 Å². The third kappa shape index (κ3) is 4.26. The molecule has 4 nitrogen and oxygen atoms in total. The minimum Gasteiger partial charge on any atom is -0.484 e. The Balaban J connectivity index is 2.33. The standard InChI is InChI=1S/C11H13NO3/c1-9-2-4-10(5-3-9)15-8-11(14)12-6-7-13/h2-5,7H,6,8H2,1H3,(H,12,14). The van der Waals surface area contributed by atoms with E-state index in [-0.39, 0.29) is 19.1 Å². The molecule has 0 aromatic heterocycles. The molecule has 0 saturated carbocycles. The van der Waals surface area contributed by atoms with Crippen LogP contribution in [0.2, 0.25) is 0 Å². The number of ether oxygens (including phenoxy) is 1. The molecular weight excluding hydrogens is 194 g/mol. The second-order valence-corrected chi connectivity index (χ2v) is 3.07. The van der Waals surface area contributed by atoms with Gasteiger partial charge in [-0.25, -0.2) is 0 Å². The molecule has 0 saturated heterocycles. The van der Waals surface area contributed by atoms with Crippen LogP contribution < -0.4 is 10.1 Å². The number of aldehydes is 1. The first-order valence-electron chi connectivity index (χ1n) is 4.62. The number of hydrogen-bond donors (Lipinski definition) is 1. The molecular formula is C11H13NO3. The number of carbonyl (C=O) groups excluding carboxylic acids is 2. The summed E-state index contributed by atoms with van der Waals surface area (Å²) in [5.41, 5.74) is 1.13. The summed E-state index contributed by atoms with van der Waals surface area (Å²) in [6.45, 7) is 1.92. The Morgan fingerprint density at radius 3 is 2.67 bits per heavy atom. The minimum absolute atomic E-state index is 0.0239. The molecule has 0 unspecified atom stereocenters. The summed E-state index contributed by atoms with van der Waals surface area (Å²) >= 11 is 0. The molecule has 0 aliphatic carbocycles. The summed E-state index contributed by atoms with van der Waals surface area (Å²) in [5, 5.41) is 2.38. The minimum atomic E-state index is -0.303. The van der Waals surface area contributed by atoms with Crippen molar-refractivity contribution in [2.75, 3.05) is 13.2 Å². The molecule has 0 bridgehead atoms.